The number of aryl methyl sites for hydroxylation is 2. The Hall–Kier alpha value is -3.83. The Morgan fingerprint density at radius 3 is 2.49 bits per heavy atom. The summed E-state index contributed by atoms with van der Waals surface area (Å²) in [4.78, 5) is 12.9. The fraction of sp³-hybridized carbons (Fsp3) is 0.308. The van der Waals surface area contributed by atoms with Crippen molar-refractivity contribution in [2.75, 3.05) is 10.3 Å². The molecule has 3 aromatic rings. The molecule has 8 nitrogen and oxygen atoms in total. The molecule has 11 heteroatoms. The monoisotopic (exact) mass is 515 g/mol. The second-order valence-corrected chi connectivity index (χ2v) is 9.12. The van der Waals surface area contributed by atoms with Crippen LogP contribution in [0.25, 0.3) is 5.70 Å². The summed E-state index contributed by atoms with van der Waals surface area (Å²) in [7, 11) is 1.80. The number of carbonyl (C=O) groups is 1. The van der Waals surface area contributed by atoms with Gasteiger partial charge in [-0.1, -0.05) is 26.0 Å². The first-order chi connectivity index (χ1) is 17.3. The number of amides is 1. The predicted molar refractivity (Wildman–Crippen MR) is 139 cm³/mol. The highest BCUT2D eigenvalue weighted by atomic mass is 19.4. The number of rotatable bonds is 8. The standard InChI is InChI=1S/C26H32F3N7O/c1-15(2)32-12-19-8-9-20(11-22(19)26(27,28)29)34-25(37)18-7-6-16(3)24(10-18)36(31)14-23(30)21-13-33-35(5)17(21)4/h6-11,13-15,32H,12,30-31H2,1-5H3,(H,34,37)/b23-14-. The molecule has 0 radical (unpaired) electrons. The maximum absolute atomic E-state index is 13.7. The van der Waals surface area contributed by atoms with Crippen LogP contribution in [0.3, 0.4) is 0 Å². The van der Waals surface area contributed by atoms with Crippen LogP contribution < -0.4 is 27.2 Å². The zero-order valence-corrected chi connectivity index (χ0v) is 21.4. The van der Waals surface area contributed by atoms with Crippen LogP contribution in [-0.2, 0) is 19.8 Å². The van der Waals surface area contributed by atoms with E-state index in [1.807, 2.05) is 27.7 Å². The Balaban J connectivity index is 1.84. The van der Waals surface area contributed by atoms with Gasteiger partial charge in [0, 0.05) is 48.3 Å². The molecule has 0 fully saturated rings. The minimum Gasteiger partial charge on any atom is -0.397 e. The SMILES string of the molecule is Cc1ccc(C(=O)Nc2ccc(CNC(C)C)c(C(F)(F)F)c2)cc1N(N)/C=C(\N)c1cnn(C)c1C. The molecule has 0 saturated carbocycles. The minimum absolute atomic E-state index is 0.0249. The van der Waals surface area contributed by atoms with Gasteiger partial charge in [-0.05, 0) is 49.2 Å². The number of carbonyl (C=O) groups excluding carboxylic acids is 1. The average molecular weight is 516 g/mol. The molecule has 6 N–H and O–H groups in total. The van der Waals surface area contributed by atoms with E-state index in [0.717, 1.165) is 22.9 Å². The Bertz CT molecular complexity index is 1310. The Labute approximate surface area is 214 Å². The van der Waals surface area contributed by atoms with Crippen LogP contribution >= 0.6 is 0 Å². The van der Waals surface area contributed by atoms with Gasteiger partial charge in [-0.15, -0.1) is 0 Å². The maximum Gasteiger partial charge on any atom is 0.416 e. The molecular weight excluding hydrogens is 483 g/mol. The number of nitrogens with zero attached hydrogens (tertiary/aromatic N) is 3. The van der Waals surface area contributed by atoms with E-state index in [-0.39, 0.29) is 29.4 Å². The zero-order chi connectivity index (χ0) is 27.5. The average Bonchev–Trinajstić information content (AvgIpc) is 3.15. The van der Waals surface area contributed by atoms with Crippen molar-refractivity contribution in [2.24, 2.45) is 18.6 Å². The number of nitrogens with one attached hydrogen (secondary N) is 2. The molecule has 0 aliphatic rings. The van der Waals surface area contributed by atoms with E-state index in [4.69, 9.17) is 11.6 Å². The quantitative estimate of drug-likeness (QED) is 0.261. The first kappa shape index (κ1) is 27.8. The van der Waals surface area contributed by atoms with Gasteiger partial charge in [0.2, 0.25) is 0 Å². The van der Waals surface area contributed by atoms with Crippen LogP contribution in [0, 0.1) is 13.8 Å². The number of aromatic nitrogens is 2. The van der Waals surface area contributed by atoms with Crippen molar-refractivity contribution in [3.63, 3.8) is 0 Å². The predicted octanol–water partition coefficient (Wildman–Crippen LogP) is 4.44. The molecule has 3 rings (SSSR count). The van der Waals surface area contributed by atoms with Crippen LogP contribution in [0.4, 0.5) is 24.5 Å². The fourth-order valence-electron chi connectivity index (χ4n) is 3.69. The lowest BCUT2D eigenvalue weighted by Gasteiger charge is -2.19. The van der Waals surface area contributed by atoms with Crippen LogP contribution in [0.1, 0.15) is 52.2 Å². The van der Waals surface area contributed by atoms with Gasteiger partial charge in [0.15, 0.2) is 0 Å². The number of nitrogens with two attached hydrogens (primary N) is 2. The molecule has 2 aromatic carbocycles. The highest BCUT2D eigenvalue weighted by Crippen LogP contribution is 2.34. The van der Waals surface area contributed by atoms with Crippen molar-refractivity contribution in [1.29, 1.82) is 0 Å². The van der Waals surface area contributed by atoms with Crippen LogP contribution in [-0.4, -0.2) is 21.7 Å². The maximum atomic E-state index is 13.7. The van der Waals surface area contributed by atoms with E-state index in [0.29, 0.717) is 11.4 Å². The third-order valence-electron chi connectivity index (χ3n) is 5.95. The van der Waals surface area contributed by atoms with E-state index in [1.165, 1.54) is 23.3 Å². The number of anilines is 2. The van der Waals surface area contributed by atoms with Crippen LogP contribution in [0.2, 0.25) is 0 Å². The molecule has 0 unspecified atom stereocenters. The van der Waals surface area contributed by atoms with E-state index < -0.39 is 17.6 Å². The summed E-state index contributed by atoms with van der Waals surface area (Å²) in [6, 6.07) is 8.61. The van der Waals surface area contributed by atoms with Gasteiger partial charge in [-0.25, -0.2) is 5.84 Å². The summed E-state index contributed by atoms with van der Waals surface area (Å²) in [5, 5.41) is 11.0. The van der Waals surface area contributed by atoms with Crippen molar-refractivity contribution in [1.82, 2.24) is 15.1 Å². The number of hydrazine groups is 1. The van der Waals surface area contributed by atoms with E-state index in [2.05, 4.69) is 15.7 Å². The van der Waals surface area contributed by atoms with Gasteiger partial charge >= 0.3 is 6.18 Å². The summed E-state index contributed by atoms with van der Waals surface area (Å²) >= 11 is 0. The second-order valence-electron chi connectivity index (χ2n) is 9.12. The van der Waals surface area contributed by atoms with Crippen molar-refractivity contribution >= 4 is 23.0 Å². The van der Waals surface area contributed by atoms with E-state index in [9.17, 15) is 18.0 Å². The van der Waals surface area contributed by atoms with Gasteiger partial charge in [-0.3, -0.25) is 14.5 Å². The lowest BCUT2D eigenvalue weighted by atomic mass is 10.0. The summed E-state index contributed by atoms with van der Waals surface area (Å²) in [5.74, 6) is 5.66. The molecule has 198 valence electrons. The lowest BCUT2D eigenvalue weighted by molar-refractivity contribution is -0.138. The molecule has 37 heavy (non-hydrogen) atoms. The Kier molecular flexibility index (Phi) is 8.29. The minimum atomic E-state index is -4.56. The van der Waals surface area contributed by atoms with Gasteiger partial charge < -0.3 is 16.4 Å². The Morgan fingerprint density at radius 2 is 1.89 bits per heavy atom. The Morgan fingerprint density at radius 1 is 1.19 bits per heavy atom. The second kappa shape index (κ2) is 11.1. The van der Waals surface area contributed by atoms with Crippen LogP contribution in [0.15, 0.2) is 48.8 Å². The van der Waals surface area contributed by atoms with Gasteiger partial charge in [0.05, 0.1) is 23.1 Å². The summed E-state index contributed by atoms with van der Waals surface area (Å²) in [6.45, 7) is 7.45. The molecule has 1 amide bonds. The molecule has 0 saturated heterocycles. The third-order valence-corrected chi connectivity index (χ3v) is 5.95. The van der Waals surface area contributed by atoms with Crippen molar-refractivity contribution in [3.8, 4) is 0 Å². The number of benzene rings is 2. The van der Waals surface area contributed by atoms with Crippen molar-refractivity contribution in [3.05, 3.63) is 82.3 Å². The summed E-state index contributed by atoms with van der Waals surface area (Å²) in [6.07, 6.45) is -1.41. The first-order valence-corrected chi connectivity index (χ1v) is 11.6. The number of hydrogen-bond donors (Lipinski definition) is 4. The molecule has 0 aliphatic carbocycles. The smallest absolute Gasteiger partial charge is 0.397 e. The molecular formula is C26H32F3N7O. The zero-order valence-electron chi connectivity index (χ0n) is 21.4. The van der Waals surface area contributed by atoms with Gasteiger partial charge in [-0.2, -0.15) is 18.3 Å². The molecule has 1 aromatic heterocycles. The topological polar surface area (TPSA) is 114 Å². The first-order valence-electron chi connectivity index (χ1n) is 11.6. The van der Waals surface area contributed by atoms with Crippen molar-refractivity contribution in [2.45, 2.75) is 46.5 Å². The fourth-order valence-corrected chi connectivity index (χ4v) is 3.69. The van der Waals surface area contributed by atoms with Gasteiger partial charge in [0.25, 0.3) is 5.91 Å². The number of hydrogen-bond acceptors (Lipinski definition) is 6. The molecule has 0 atom stereocenters. The lowest BCUT2D eigenvalue weighted by Crippen LogP contribution is -2.27. The van der Waals surface area contributed by atoms with E-state index in [1.54, 1.807) is 36.1 Å². The molecule has 0 aliphatic heterocycles. The number of alkyl halides is 3. The van der Waals surface area contributed by atoms with Gasteiger partial charge in [0.1, 0.15) is 0 Å². The third kappa shape index (κ3) is 6.69. The summed E-state index contributed by atoms with van der Waals surface area (Å²) < 4.78 is 42.7. The van der Waals surface area contributed by atoms with Crippen LogP contribution in [0.5, 0.6) is 0 Å². The van der Waals surface area contributed by atoms with Crippen molar-refractivity contribution < 1.29 is 18.0 Å². The molecule has 0 bridgehead atoms. The largest absolute Gasteiger partial charge is 0.416 e. The summed E-state index contributed by atoms with van der Waals surface area (Å²) in [5.41, 5.74) is 9.00. The number of halogens is 3. The highest BCUT2D eigenvalue weighted by molar-refractivity contribution is 6.05. The highest BCUT2D eigenvalue weighted by Gasteiger charge is 2.33. The molecule has 0 spiro atoms. The molecule has 1 heterocycles. The normalized spacial score (nSPS) is 12.2. The van der Waals surface area contributed by atoms with E-state index >= 15 is 0 Å².